The molecule has 0 fully saturated rings. The standard InChI is InChI=1S/C17H25BrN2O5S/c1-12(2)16(17(22)19-11-5-4-6-15(21)25-3)20-26(23,24)14-9-7-13(18)8-10-14/h7-10,12,16,20H,4-6,11H2,1-3H3,(H,19,22)/t16-/m0/s1. The highest BCUT2D eigenvalue weighted by molar-refractivity contribution is 9.10. The summed E-state index contributed by atoms with van der Waals surface area (Å²) in [5.41, 5.74) is 0. The average molecular weight is 449 g/mol. The SMILES string of the molecule is COC(=O)CCCCNC(=O)[C@@H](NS(=O)(=O)c1ccc(Br)cc1)C(C)C. The number of sulfonamides is 1. The summed E-state index contributed by atoms with van der Waals surface area (Å²) < 4.78 is 32.8. The molecule has 0 saturated heterocycles. The highest BCUT2D eigenvalue weighted by atomic mass is 79.9. The summed E-state index contributed by atoms with van der Waals surface area (Å²) in [4.78, 5) is 23.5. The first kappa shape index (κ1) is 22.6. The van der Waals surface area contributed by atoms with Crippen LogP contribution in [0.25, 0.3) is 0 Å². The molecule has 9 heteroatoms. The highest BCUT2D eigenvalue weighted by Gasteiger charge is 2.28. The Morgan fingerprint density at radius 3 is 2.31 bits per heavy atom. The molecule has 1 rings (SSSR count). The fourth-order valence-electron chi connectivity index (χ4n) is 2.16. The van der Waals surface area contributed by atoms with Crippen molar-refractivity contribution >= 4 is 37.8 Å². The molecule has 0 unspecified atom stereocenters. The van der Waals surface area contributed by atoms with E-state index in [0.29, 0.717) is 19.4 Å². The van der Waals surface area contributed by atoms with E-state index in [1.54, 1.807) is 26.0 Å². The van der Waals surface area contributed by atoms with Gasteiger partial charge in [-0.3, -0.25) is 9.59 Å². The summed E-state index contributed by atoms with van der Waals surface area (Å²) >= 11 is 3.26. The molecule has 146 valence electrons. The lowest BCUT2D eigenvalue weighted by atomic mass is 10.1. The molecule has 26 heavy (non-hydrogen) atoms. The highest BCUT2D eigenvalue weighted by Crippen LogP contribution is 2.16. The van der Waals surface area contributed by atoms with E-state index in [-0.39, 0.29) is 23.2 Å². The van der Waals surface area contributed by atoms with Crippen molar-refractivity contribution in [1.82, 2.24) is 10.0 Å². The number of esters is 1. The number of unbranched alkanes of at least 4 members (excludes halogenated alkanes) is 1. The van der Waals surface area contributed by atoms with Gasteiger partial charge in [0.25, 0.3) is 0 Å². The zero-order valence-electron chi connectivity index (χ0n) is 15.1. The summed E-state index contributed by atoms with van der Waals surface area (Å²) in [6, 6.07) is 5.30. The smallest absolute Gasteiger partial charge is 0.305 e. The molecule has 0 aliphatic heterocycles. The molecule has 0 aliphatic rings. The molecular formula is C17H25BrN2O5S. The molecule has 7 nitrogen and oxygen atoms in total. The third-order valence-electron chi connectivity index (χ3n) is 3.69. The number of halogens is 1. The molecule has 0 bridgehead atoms. The van der Waals surface area contributed by atoms with Gasteiger partial charge in [0, 0.05) is 17.4 Å². The van der Waals surface area contributed by atoms with Gasteiger partial charge in [0.2, 0.25) is 15.9 Å². The lowest BCUT2D eigenvalue weighted by Gasteiger charge is -2.21. The van der Waals surface area contributed by atoms with Crippen LogP contribution in [0.5, 0.6) is 0 Å². The van der Waals surface area contributed by atoms with Crippen LogP contribution in [-0.2, 0) is 24.3 Å². The summed E-state index contributed by atoms with van der Waals surface area (Å²) in [5.74, 6) is -0.910. The van der Waals surface area contributed by atoms with Crippen molar-refractivity contribution in [3.05, 3.63) is 28.7 Å². The minimum absolute atomic E-state index is 0.0947. The predicted octanol–water partition coefficient (Wildman–Crippen LogP) is 2.21. The molecule has 1 aromatic rings. The minimum Gasteiger partial charge on any atom is -0.469 e. The molecule has 0 aliphatic carbocycles. The molecular weight excluding hydrogens is 424 g/mol. The average Bonchev–Trinajstić information content (AvgIpc) is 2.59. The Balaban J connectivity index is 2.63. The molecule has 0 saturated carbocycles. The Kier molecular flexibility index (Phi) is 9.24. The molecule has 1 atom stereocenters. The van der Waals surface area contributed by atoms with Crippen molar-refractivity contribution in [2.45, 2.75) is 44.0 Å². The van der Waals surface area contributed by atoms with Gasteiger partial charge in [0.1, 0.15) is 6.04 Å². The predicted molar refractivity (Wildman–Crippen MR) is 102 cm³/mol. The van der Waals surface area contributed by atoms with Crippen LogP contribution in [0.2, 0.25) is 0 Å². The quantitative estimate of drug-likeness (QED) is 0.421. The number of methoxy groups -OCH3 is 1. The second-order valence-corrected chi connectivity index (χ2v) is 8.75. The number of benzene rings is 1. The largest absolute Gasteiger partial charge is 0.469 e. The fourth-order valence-corrected chi connectivity index (χ4v) is 3.77. The van der Waals surface area contributed by atoms with Gasteiger partial charge < -0.3 is 10.1 Å². The third kappa shape index (κ3) is 7.43. The molecule has 2 N–H and O–H groups in total. The fraction of sp³-hybridized carbons (Fsp3) is 0.529. The summed E-state index contributed by atoms with van der Waals surface area (Å²) in [6.45, 7) is 3.90. The Morgan fingerprint density at radius 2 is 1.77 bits per heavy atom. The van der Waals surface area contributed by atoms with Gasteiger partial charge in [0.15, 0.2) is 0 Å². The Bertz CT molecular complexity index is 704. The molecule has 0 radical (unpaired) electrons. The van der Waals surface area contributed by atoms with Crippen LogP contribution in [0.15, 0.2) is 33.6 Å². The van der Waals surface area contributed by atoms with E-state index in [4.69, 9.17) is 0 Å². The van der Waals surface area contributed by atoms with E-state index >= 15 is 0 Å². The molecule has 1 aromatic carbocycles. The third-order valence-corrected chi connectivity index (χ3v) is 5.68. The number of carbonyl (C=O) groups is 2. The van der Waals surface area contributed by atoms with E-state index in [0.717, 1.165) is 4.47 Å². The van der Waals surface area contributed by atoms with Crippen molar-refractivity contribution in [3.8, 4) is 0 Å². The normalized spacial score (nSPS) is 12.7. The van der Waals surface area contributed by atoms with Crippen LogP contribution in [0.3, 0.4) is 0 Å². The maximum Gasteiger partial charge on any atom is 0.305 e. The monoisotopic (exact) mass is 448 g/mol. The minimum atomic E-state index is -3.81. The molecule has 1 amide bonds. The van der Waals surface area contributed by atoms with Crippen molar-refractivity contribution in [2.75, 3.05) is 13.7 Å². The molecule has 0 aromatic heterocycles. The first-order chi connectivity index (χ1) is 12.2. The second-order valence-electron chi connectivity index (χ2n) is 6.12. The Morgan fingerprint density at radius 1 is 1.15 bits per heavy atom. The van der Waals surface area contributed by atoms with E-state index < -0.39 is 22.0 Å². The lowest BCUT2D eigenvalue weighted by molar-refractivity contribution is -0.140. The van der Waals surface area contributed by atoms with Crippen LogP contribution < -0.4 is 10.0 Å². The lowest BCUT2D eigenvalue weighted by Crippen LogP contribution is -2.49. The number of amides is 1. The Labute approximate surface area is 163 Å². The number of hydrogen-bond acceptors (Lipinski definition) is 5. The van der Waals surface area contributed by atoms with E-state index in [1.807, 2.05) is 0 Å². The number of rotatable bonds is 10. The van der Waals surface area contributed by atoms with Crippen molar-refractivity contribution in [2.24, 2.45) is 5.92 Å². The van der Waals surface area contributed by atoms with Gasteiger partial charge >= 0.3 is 5.97 Å². The van der Waals surface area contributed by atoms with Gasteiger partial charge in [-0.05, 0) is 43.0 Å². The number of nitrogens with one attached hydrogen (secondary N) is 2. The van der Waals surface area contributed by atoms with E-state index in [9.17, 15) is 18.0 Å². The number of ether oxygens (including phenoxy) is 1. The second kappa shape index (κ2) is 10.6. The maximum absolute atomic E-state index is 12.5. The van der Waals surface area contributed by atoms with Gasteiger partial charge in [-0.2, -0.15) is 4.72 Å². The summed E-state index contributed by atoms with van der Waals surface area (Å²) in [6.07, 6.45) is 1.48. The van der Waals surface area contributed by atoms with E-state index in [1.165, 1.54) is 19.2 Å². The molecule has 0 heterocycles. The zero-order chi connectivity index (χ0) is 19.7. The summed E-state index contributed by atoms with van der Waals surface area (Å²) in [7, 11) is -2.48. The zero-order valence-corrected chi connectivity index (χ0v) is 17.5. The van der Waals surface area contributed by atoms with Crippen molar-refractivity contribution in [3.63, 3.8) is 0 Å². The van der Waals surface area contributed by atoms with E-state index in [2.05, 4.69) is 30.7 Å². The van der Waals surface area contributed by atoms with Gasteiger partial charge in [-0.15, -0.1) is 0 Å². The van der Waals surface area contributed by atoms with Gasteiger partial charge in [-0.25, -0.2) is 8.42 Å². The van der Waals surface area contributed by atoms with Crippen molar-refractivity contribution < 1.29 is 22.7 Å². The van der Waals surface area contributed by atoms with Crippen LogP contribution in [-0.4, -0.2) is 40.0 Å². The van der Waals surface area contributed by atoms with Gasteiger partial charge in [-0.1, -0.05) is 29.8 Å². The van der Waals surface area contributed by atoms with Crippen LogP contribution in [0, 0.1) is 5.92 Å². The Hall–Kier alpha value is -1.45. The first-order valence-electron chi connectivity index (χ1n) is 8.30. The van der Waals surface area contributed by atoms with Crippen LogP contribution >= 0.6 is 15.9 Å². The van der Waals surface area contributed by atoms with Gasteiger partial charge in [0.05, 0.1) is 12.0 Å². The van der Waals surface area contributed by atoms with Crippen molar-refractivity contribution in [1.29, 1.82) is 0 Å². The maximum atomic E-state index is 12.5. The first-order valence-corrected chi connectivity index (χ1v) is 10.6. The van der Waals surface area contributed by atoms with Crippen LogP contribution in [0.4, 0.5) is 0 Å². The van der Waals surface area contributed by atoms with Crippen LogP contribution in [0.1, 0.15) is 33.1 Å². The molecule has 0 spiro atoms. The topological polar surface area (TPSA) is 102 Å². The number of carbonyl (C=O) groups excluding carboxylic acids is 2. The summed E-state index contributed by atoms with van der Waals surface area (Å²) in [5, 5.41) is 2.71. The number of hydrogen-bond donors (Lipinski definition) is 2.